The first kappa shape index (κ1) is 43.0. The van der Waals surface area contributed by atoms with E-state index in [1.165, 1.54) is 96.3 Å². The molecule has 1 unspecified atom stereocenters. The molecule has 0 heterocycles. The number of phosphoric acid groups is 1. The lowest BCUT2D eigenvalue weighted by atomic mass is 10.00. The lowest BCUT2D eigenvalue weighted by molar-refractivity contribution is -0.161. The number of carbonyl (C=O) groups excluding carboxylic acids is 2. The zero-order valence-corrected chi connectivity index (χ0v) is 29.8. The number of hydrogen-bond acceptors (Lipinski definition) is 6. The zero-order chi connectivity index (χ0) is 32.9. The summed E-state index contributed by atoms with van der Waals surface area (Å²) >= 11 is 0. The summed E-state index contributed by atoms with van der Waals surface area (Å²) in [7, 11) is -4.74. The van der Waals surface area contributed by atoms with Gasteiger partial charge in [0.05, 0.1) is 6.61 Å². The van der Waals surface area contributed by atoms with Crippen molar-refractivity contribution in [3.05, 3.63) is 0 Å². The second-order valence-electron chi connectivity index (χ2n) is 13.3. The first-order chi connectivity index (χ1) is 21.0. The minimum atomic E-state index is -4.74. The fourth-order valence-electron chi connectivity index (χ4n) is 5.24. The second-order valence-corrected chi connectivity index (χ2v) is 14.5. The van der Waals surface area contributed by atoms with Crippen molar-refractivity contribution in [2.24, 2.45) is 11.8 Å². The van der Waals surface area contributed by atoms with Crippen LogP contribution in [0.25, 0.3) is 0 Å². The van der Waals surface area contributed by atoms with Crippen molar-refractivity contribution in [1.82, 2.24) is 0 Å². The second kappa shape index (κ2) is 29.5. The third kappa shape index (κ3) is 32.4. The zero-order valence-electron chi connectivity index (χ0n) is 28.9. The van der Waals surface area contributed by atoms with Crippen LogP contribution in [0.1, 0.15) is 182 Å². The molecule has 0 aliphatic carbocycles. The van der Waals surface area contributed by atoms with Gasteiger partial charge < -0.3 is 19.3 Å². The number of rotatable bonds is 32. The lowest BCUT2D eigenvalue weighted by Crippen LogP contribution is -2.29. The number of hydrogen-bond donors (Lipinski definition) is 2. The summed E-state index contributed by atoms with van der Waals surface area (Å²) in [6.45, 7) is 8.29. The molecule has 44 heavy (non-hydrogen) atoms. The third-order valence-electron chi connectivity index (χ3n) is 8.34. The van der Waals surface area contributed by atoms with E-state index in [1.807, 2.05) is 0 Å². The van der Waals surface area contributed by atoms with Gasteiger partial charge in [-0.3, -0.25) is 14.1 Å². The lowest BCUT2D eigenvalue weighted by Gasteiger charge is -2.18. The van der Waals surface area contributed by atoms with Gasteiger partial charge in [0, 0.05) is 12.8 Å². The molecule has 0 fully saturated rings. The smallest absolute Gasteiger partial charge is 0.462 e. The van der Waals surface area contributed by atoms with Crippen molar-refractivity contribution in [3.8, 4) is 0 Å². The summed E-state index contributed by atoms with van der Waals surface area (Å²) in [5.41, 5.74) is 0. The van der Waals surface area contributed by atoms with Crippen molar-refractivity contribution in [2.45, 2.75) is 188 Å². The Kier molecular flexibility index (Phi) is 28.8. The molecule has 2 N–H and O–H groups in total. The molecule has 0 rings (SSSR count). The van der Waals surface area contributed by atoms with Crippen LogP contribution in [0.2, 0.25) is 0 Å². The van der Waals surface area contributed by atoms with Gasteiger partial charge in [-0.1, -0.05) is 156 Å². The Morgan fingerprint density at radius 2 is 1.00 bits per heavy atom. The molecular weight excluding hydrogens is 579 g/mol. The molecular formula is C35H69O8P. The van der Waals surface area contributed by atoms with Gasteiger partial charge >= 0.3 is 19.8 Å². The molecule has 0 spiro atoms. The highest BCUT2D eigenvalue weighted by molar-refractivity contribution is 7.46. The Balaban J connectivity index is 3.95. The Hall–Kier alpha value is -0.950. The molecule has 0 saturated heterocycles. The Bertz CT molecular complexity index is 724. The van der Waals surface area contributed by atoms with Crippen LogP contribution in [0, 0.1) is 11.8 Å². The Labute approximate surface area is 270 Å². The number of unbranched alkanes of at least 4 members (excludes halogenated alkanes) is 17. The van der Waals surface area contributed by atoms with Gasteiger partial charge in [-0.15, -0.1) is 0 Å². The minimum Gasteiger partial charge on any atom is -0.462 e. The van der Waals surface area contributed by atoms with E-state index in [2.05, 4.69) is 32.2 Å². The topological polar surface area (TPSA) is 119 Å². The molecule has 0 saturated carbocycles. The van der Waals surface area contributed by atoms with E-state index in [-0.39, 0.29) is 19.4 Å². The highest BCUT2D eigenvalue weighted by Gasteiger charge is 2.22. The number of phosphoric ester groups is 1. The van der Waals surface area contributed by atoms with Crippen molar-refractivity contribution >= 4 is 19.8 Å². The molecule has 2 atom stereocenters. The Morgan fingerprint density at radius 3 is 1.43 bits per heavy atom. The molecule has 0 amide bonds. The van der Waals surface area contributed by atoms with E-state index in [0.29, 0.717) is 6.42 Å². The summed E-state index contributed by atoms with van der Waals surface area (Å²) in [4.78, 5) is 42.6. The molecule has 0 aromatic rings. The summed E-state index contributed by atoms with van der Waals surface area (Å²) in [6, 6.07) is 0. The molecule has 9 heteroatoms. The average Bonchev–Trinajstić information content (AvgIpc) is 2.97. The highest BCUT2D eigenvalue weighted by atomic mass is 31.2. The normalized spacial score (nSPS) is 13.2. The predicted molar refractivity (Wildman–Crippen MR) is 179 cm³/mol. The molecule has 0 aromatic heterocycles. The van der Waals surface area contributed by atoms with E-state index in [9.17, 15) is 14.2 Å². The molecule has 0 radical (unpaired) electrons. The molecule has 262 valence electrons. The average molecular weight is 649 g/mol. The minimum absolute atomic E-state index is 0.217. The van der Waals surface area contributed by atoms with Crippen LogP contribution in [-0.2, 0) is 28.2 Å². The van der Waals surface area contributed by atoms with Crippen LogP contribution in [0.15, 0.2) is 0 Å². The maximum Gasteiger partial charge on any atom is 0.469 e. The van der Waals surface area contributed by atoms with Crippen LogP contribution in [-0.4, -0.2) is 41.0 Å². The SMILES string of the molecule is CCC(C)CCCCCCCCC(=O)OC[C@H](COP(=O)(O)O)OC(=O)CCCCCCCCCCCCCCCC(C)C. The van der Waals surface area contributed by atoms with Gasteiger partial charge in [0.15, 0.2) is 6.10 Å². The van der Waals surface area contributed by atoms with Crippen molar-refractivity contribution in [2.75, 3.05) is 13.2 Å². The van der Waals surface area contributed by atoms with Crippen molar-refractivity contribution < 1.29 is 37.9 Å². The molecule has 0 bridgehead atoms. The van der Waals surface area contributed by atoms with Crippen molar-refractivity contribution in [1.29, 1.82) is 0 Å². The molecule has 0 aliphatic heterocycles. The van der Waals surface area contributed by atoms with Gasteiger partial charge in [-0.25, -0.2) is 4.57 Å². The van der Waals surface area contributed by atoms with Crippen LogP contribution >= 0.6 is 7.82 Å². The quantitative estimate of drug-likeness (QED) is 0.0420. The molecule has 8 nitrogen and oxygen atoms in total. The monoisotopic (exact) mass is 648 g/mol. The maximum atomic E-state index is 12.3. The van der Waals surface area contributed by atoms with E-state index < -0.39 is 32.5 Å². The maximum absolute atomic E-state index is 12.3. The van der Waals surface area contributed by atoms with Crippen LogP contribution in [0.3, 0.4) is 0 Å². The van der Waals surface area contributed by atoms with Gasteiger partial charge in [-0.2, -0.15) is 0 Å². The first-order valence-corrected chi connectivity index (χ1v) is 19.6. The third-order valence-corrected chi connectivity index (χ3v) is 8.83. The van der Waals surface area contributed by atoms with Crippen LogP contribution in [0.5, 0.6) is 0 Å². The molecule has 0 aliphatic rings. The highest BCUT2D eigenvalue weighted by Crippen LogP contribution is 2.36. The van der Waals surface area contributed by atoms with E-state index in [4.69, 9.17) is 19.3 Å². The fourth-order valence-corrected chi connectivity index (χ4v) is 5.60. The number of carbonyl (C=O) groups is 2. The largest absolute Gasteiger partial charge is 0.469 e. The van der Waals surface area contributed by atoms with Crippen LogP contribution in [0.4, 0.5) is 0 Å². The summed E-state index contributed by atoms with van der Waals surface area (Å²) in [5.74, 6) is 0.734. The van der Waals surface area contributed by atoms with Gasteiger partial charge in [-0.05, 0) is 24.7 Å². The van der Waals surface area contributed by atoms with Gasteiger partial charge in [0.25, 0.3) is 0 Å². The van der Waals surface area contributed by atoms with E-state index in [0.717, 1.165) is 50.4 Å². The standard InChI is InChI=1S/C35H69O8P/c1-5-32(4)26-22-18-15-16-19-23-27-34(36)41-29-33(30-42-44(38,39)40)43-35(37)28-24-20-14-12-10-8-6-7-9-11-13-17-21-25-31(2)3/h31-33H,5-30H2,1-4H3,(H2,38,39,40)/t32?,33-/m1/s1. The number of ether oxygens (including phenoxy) is 2. The van der Waals surface area contributed by atoms with Gasteiger partial charge in [0.2, 0.25) is 0 Å². The van der Waals surface area contributed by atoms with Gasteiger partial charge in [0.1, 0.15) is 6.61 Å². The summed E-state index contributed by atoms with van der Waals surface area (Å²) in [6.07, 6.45) is 25.5. The Morgan fingerprint density at radius 1 is 0.591 bits per heavy atom. The number of esters is 2. The fraction of sp³-hybridized carbons (Fsp3) is 0.943. The summed E-state index contributed by atoms with van der Waals surface area (Å²) < 4.78 is 26.2. The van der Waals surface area contributed by atoms with Crippen LogP contribution < -0.4 is 0 Å². The first-order valence-electron chi connectivity index (χ1n) is 18.1. The van der Waals surface area contributed by atoms with E-state index in [1.54, 1.807) is 0 Å². The van der Waals surface area contributed by atoms with Crippen molar-refractivity contribution in [3.63, 3.8) is 0 Å². The molecule has 0 aromatic carbocycles. The van der Waals surface area contributed by atoms with E-state index >= 15 is 0 Å². The predicted octanol–water partition coefficient (Wildman–Crippen LogP) is 10.2. The summed E-state index contributed by atoms with van der Waals surface area (Å²) in [5, 5.41) is 0.